The van der Waals surface area contributed by atoms with Crippen molar-refractivity contribution in [3.05, 3.63) is 94.7 Å². The molecular formula is C24H16F3N5O2. The largest absolute Gasteiger partial charge is 0.416 e. The molecule has 2 N–H and O–H groups in total. The van der Waals surface area contributed by atoms with Crippen molar-refractivity contribution in [3.8, 4) is 0 Å². The van der Waals surface area contributed by atoms with Gasteiger partial charge in [-0.3, -0.25) is 14.3 Å². The van der Waals surface area contributed by atoms with E-state index in [-0.39, 0.29) is 23.5 Å². The number of hydrogen-bond acceptors (Lipinski definition) is 5. The van der Waals surface area contributed by atoms with Crippen molar-refractivity contribution < 1.29 is 18.0 Å². The number of ketones is 1. The van der Waals surface area contributed by atoms with E-state index in [1.54, 1.807) is 30.6 Å². The fourth-order valence-corrected chi connectivity index (χ4v) is 3.76. The second-order valence-corrected chi connectivity index (χ2v) is 7.63. The average Bonchev–Trinajstić information content (AvgIpc) is 3.25. The minimum Gasteiger partial charge on any atom is -0.352 e. The maximum atomic E-state index is 12.7. The maximum Gasteiger partial charge on any atom is 0.416 e. The van der Waals surface area contributed by atoms with Crippen LogP contribution in [0.25, 0.3) is 21.8 Å². The zero-order valence-corrected chi connectivity index (χ0v) is 17.4. The van der Waals surface area contributed by atoms with Gasteiger partial charge in [-0.25, -0.2) is 4.98 Å². The molecule has 0 spiro atoms. The summed E-state index contributed by atoms with van der Waals surface area (Å²) in [5.74, 6) is -0.374. The van der Waals surface area contributed by atoms with Gasteiger partial charge in [0.1, 0.15) is 12.2 Å². The van der Waals surface area contributed by atoms with Crippen molar-refractivity contribution in [3.63, 3.8) is 0 Å². The van der Waals surface area contributed by atoms with Crippen molar-refractivity contribution in [1.29, 1.82) is 0 Å². The van der Waals surface area contributed by atoms with E-state index >= 15 is 0 Å². The topological polar surface area (TPSA) is 92.7 Å². The zero-order valence-electron chi connectivity index (χ0n) is 17.4. The first-order valence-corrected chi connectivity index (χ1v) is 10.2. The van der Waals surface area contributed by atoms with E-state index in [9.17, 15) is 22.8 Å². The number of alkyl halides is 3. The van der Waals surface area contributed by atoms with Crippen molar-refractivity contribution in [2.45, 2.75) is 12.7 Å². The molecule has 0 aliphatic rings. The summed E-state index contributed by atoms with van der Waals surface area (Å²) in [6, 6.07) is 13.0. The normalized spacial score (nSPS) is 11.7. The summed E-state index contributed by atoms with van der Waals surface area (Å²) in [7, 11) is 0. The molecule has 3 aromatic heterocycles. The molecule has 0 unspecified atom stereocenters. The number of rotatable bonds is 5. The highest BCUT2D eigenvalue weighted by atomic mass is 19.4. The van der Waals surface area contributed by atoms with Gasteiger partial charge in [0.25, 0.3) is 5.56 Å². The standard InChI is InChI=1S/C24H16F3N5O2/c25-24(26,27)15-7-5-14(6-8-15)20(33)13-32-12-16(11-29-32)30-19-9-10-28-22-21(19)17-3-1-2-4-18(17)23(34)31-22/h1-12H,13H2,(H2,28,30,31,34). The number of Topliss-reactive ketones (excluding diaryl/α,β-unsaturated/α-hetero) is 1. The van der Waals surface area contributed by atoms with E-state index < -0.39 is 11.7 Å². The summed E-state index contributed by atoms with van der Waals surface area (Å²) in [4.78, 5) is 31.9. The second-order valence-electron chi connectivity index (χ2n) is 7.63. The van der Waals surface area contributed by atoms with Crippen LogP contribution in [0.1, 0.15) is 15.9 Å². The van der Waals surface area contributed by atoms with Crippen LogP contribution in [0.4, 0.5) is 24.5 Å². The van der Waals surface area contributed by atoms with Crippen molar-refractivity contribution in [2.24, 2.45) is 0 Å². The lowest BCUT2D eigenvalue weighted by Gasteiger charge is -2.10. The molecule has 5 aromatic rings. The number of H-pyrrole nitrogens is 1. The monoisotopic (exact) mass is 463 g/mol. The van der Waals surface area contributed by atoms with Gasteiger partial charge in [0, 0.05) is 34.1 Å². The van der Waals surface area contributed by atoms with Crippen LogP contribution in [-0.2, 0) is 12.7 Å². The van der Waals surface area contributed by atoms with Gasteiger partial charge in [-0.1, -0.05) is 30.3 Å². The summed E-state index contributed by atoms with van der Waals surface area (Å²) >= 11 is 0. The summed E-state index contributed by atoms with van der Waals surface area (Å²) in [5, 5.41) is 9.40. The molecule has 0 amide bonds. The highest BCUT2D eigenvalue weighted by molar-refractivity contribution is 6.10. The molecule has 0 fully saturated rings. The first-order valence-electron chi connectivity index (χ1n) is 10.2. The van der Waals surface area contributed by atoms with Crippen molar-refractivity contribution >= 4 is 39.0 Å². The van der Waals surface area contributed by atoms with Gasteiger partial charge in [0.05, 0.1) is 23.1 Å². The Labute approximate surface area is 189 Å². The van der Waals surface area contributed by atoms with Crippen LogP contribution >= 0.6 is 0 Å². The van der Waals surface area contributed by atoms with Gasteiger partial charge in [-0.2, -0.15) is 18.3 Å². The molecule has 2 aromatic carbocycles. The summed E-state index contributed by atoms with van der Waals surface area (Å²) < 4.78 is 39.6. The number of anilines is 2. The van der Waals surface area contributed by atoms with Crippen LogP contribution in [0.15, 0.2) is 78.0 Å². The second kappa shape index (κ2) is 8.14. The molecule has 0 saturated heterocycles. The van der Waals surface area contributed by atoms with Gasteiger partial charge < -0.3 is 10.3 Å². The number of halogens is 3. The van der Waals surface area contributed by atoms with Crippen LogP contribution in [-0.4, -0.2) is 25.5 Å². The van der Waals surface area contributed by atoms with Crippen LogP contribution in [0.3, 0.4) is 0 Å². The van der Waals surface area contributed by atoms with E-state index in [4.69, 9.17) is 0 Å². The molecule has 0 aliphatic carbocycles. The van der Waals surface area contributed by atoms with Crippen molar-refractivity contribution in [1.82, 2.24) is 19.7 Å². The average molecular weight is 463 g/mol. The quantitative estimate of drug-likeness (QED) is 0.285. The lowest BCUT2D eigenvalue weighted by atomic mass is 10.1. The third kappa shape index (κ3) is 4.01. The zero-order chi connectivity index (χ0) is 23.9. The van der Waals surface area contributed by atoms with E-state index in [0.29, 0.717) is 22.4 Å². The Kier molecular flexibility index (Phi) is 5.12. The molecule has 0 bridgehead atoms. The highest BCUT2D eigenvalue weighted by Gasteiger charge is 2.30. The van der Waals surface area contributed by atoms with Gasteiger partial charge in [-0.05, 0) is 24.3 Å². The summed E-state index contributed by atoms with van der Waals surface area (Å²) in [6.45, 7) is -0.139. The Balaban J connectivity index is 1.39. The molecule has 0 atom stereocenters. The van der Waals surface area contributed by atoms with Crippen LogP contribution < -0.4 is 10.9 Å². The molecule has 5 rings (SSSR count). The first kappa shape index (κ1) is 21.4. The molecule has 3 heterocycles. The Morgan fingerprint density at radius 1 is 1.03 bits per heavy atom. The van der Waals surface area contributed by atoms with E-state index in [0.717, 1.165) is 35.0 Å². The smallest absolute Gasteiger partial charge is 0.352 e. The third-order valence-electron chi connectivity index (χ3n) is 5.38. The highest BCUT2D eigenvalue weighted by Crippen LogP contribution is 2.30. The Morgan fingerprint density at radius 3 is 2.50 bits per heavy atom. The van der Waals surface area contributed by atoms with Crippen molar-refractivity contribution in [2.75, 3.05) is 5.32 Å². The molecule has 7 nitrogen and oxygen atoms in total. The lowest BCUT2D eigenvalue weighted by molar-refractivity contribution is -0.137. The maximum absolute atomic E-state index is 12.7. The fourth-order valence-electron chi connectivity index (χ4n) is 3.76. The molecular weight excluding hydrogens is 447 g/mol. The van der Waals surface area contributed by atoms with E-state index in [1.165, 1.54) is 10.9 Å². The number of aromatic nitrogens is 4. The number of nitrogens with zero attached hydrogens (tertiary/aromatic N) is 3. The Morgan fingerprint density at radius 2 is 1.76 bits per heavy atom. The van der Waals surface area contributed by atoms with Crippen LogP contribution in [0, 0.1) is 0 Å². The lowest BCUT2D eigenvalue weighted by Crippen LogP contribution is -2.11. The number of carbonyl (C=O) groups excluding carboxylic acids is 1. The number of hydrogen-bond donors (Lipinski definition) is 2. The molecule has 10 heteroatoms. The minimum absolute atomic E-state index is 0.139. The molecule has 0 radical (unpaired) electrons. The SMILES string of the molecule is O=C(Cn1cc(Nc2ccnc3[nH]c(=O)c4ccccc4c23)cn1)c1ccc(C(F)(F)F)cc1. The Bertz CT molecular complexity index is 1590. The summed E-state index contributed by atoms with van der Waals surface area (Å²) in [6.07, 6.45) is 0.246. The number of carbonyl (C=O) groups is 1. The minimum atomic E-state index is -4.46. The van der Waals surface area contributed by atoms with Gasteiger partial charge in [-0.15, -0.1) is 0 Å². The Hall–Kier alpha value is -4.47. The van der Waals surface area contributed by atoms with E-state index in [1.807, 2.05) is 12.1 Å². The number of fused-ring (bicyclic) bond motifs is 3. The third-order valence-corrected chi connectivity index (χ3v) is 5.38. The van der Waals surface area contributed by atoms with Gasteiger partial charge in [0.2, 0.25) is 0 Å². The molecule has 34 heavy (non-hydrogen) atoms. The van der Waals surface area contributed by atoms with Gasteiger partial charge >= 0.3 is 6.18 Å². The molecule has 0 saturated carbocycles. The predicted molar refractivity (Wildman–Crippen MR) is 121 cm³/mol. The molecule has 170 valence electrons. The fraction of sp³-hybridized carbons (Fsp3) is 0.0833. The van der Waals surface area contributed by atoms with Crippen LogP contribution in [0.2, 0.25) is 0 Å². The number of pyridine rings is 2. The number of benzene rings is 2. The predicted octanol–water partition coefficient (Wildman–Crippen LogP) is 4.92. The van der Waals surface area contributed by atoms with Gasteiger partial charge in [0.15, 0.2) is 5.78 Å². The number of aromatic amines is 1. The first-order chi connectivity index (χ1) is 16.3. The molecule has 0 aliphatic heterocycles. The van der Waals surface area contributed by atoms with Crippen LogP contribution in [0.5, 0.6) is 0 Å². The van der Waals surface area contributed by atoms with E-state index in [2.05, 4.69) is 20.4 Å². The summed E-state index contributed by atoms with van der Waals surface area (Å²) in [5.41, 5.74) is 0.816. The number of nitrogens with one attached hydrogen (secondary N) is 2.